The highest BCUT2D eigenvalue weighted by Crippen LogP contribution is 2.39. The molecule has 0 bridgehead atoms. The number of nitrogens with zero attached hydrogens (tertiary/aromatic N) is 2. The number of ether oxygens (including phenoxy) is 2. The maximum absolute atomic E-state index is 12.8. The van der Waals surface area contributed by atoms with Crippen LogP contribution in [0.4, 0.5) is 18.9 Å². The largest absolute Gasteiger partial charge is 0.493 e. The zero-order valence-electron chi connectivity index (χ0n) is 17.3. The van der Waals surface area contributed by atoms with Gasteiger partial charge in [-0.25, -0.2) is 4.98 Å². The fourth-order valence-corrected chi connectivity index (χ4v) is 3.81. The van der Waals surface area contributed by atoms with Crippen LogP contribution < -0.4 is 14.8 Å². The van der Waals surface area contributed by atoms with Crippen LogP contribution in [-0.2, 0) is 6.61 Å². The molecule has 2 aromatic carbocycles. The molecule has 0 fully saturated rings. The zero-order valence-corrected chi connectivity index (χ0v) is 18.1. The van der Waals surface area contributed by atoms with Crippen LogP contribution in [0.3, 0.4) is 0 Å². The molecule has 2 aromatic heterocycles. The first kappa shape index (κ1) is 22.5. The Morgan fingerprint density at radius 2 is 1.88 bits per heavy atom. The summed E-state index contributed by atoms with van der Waals surface area (Å²) in [5.41, 5.74) is -2.77. The number of carbonyl (C=O) groups is 1. The summed E-state index contributed by atoms with van der Waals surface area (Å²) in [5, 5.41) is 2.62. The van der Waals surface area contributed by atoms with E-state index in [2.05, 4.69) is 10.3 Å². The van der Waals surface area contributed by atoms with Gasteiger partial charge in [0.05, 0.1) is 18.4 Å². The molecule has 0 aliphatic rings. The van der Waals surface area contributed by atoms with Crippen LogP contribution >= 0.6 is 11.8 Å². The van der Waals surface area contributed by atoms with E-state index in [1.165, 1.54) is 31.4 Å². The minimum absolute atomic E-state index is 0.0807. The molecule has 10 heteroatoms. The van der Waals surface area contributed by atoms with E-state index in [-0.39, 0.29) is 28.8 Å². The van der Waals surface area contributed by atoms with Crippen molar-refractivity contribution in [2.45, 2.75) is 17.0 Å². The van der Waals surface area contributed by atoms with Gasteiger partial charge in [-0.05, 0) is 48.2 Å². The van der Waals surface area contributed by atoms with Gasteiger partial charge in [0.15, 0.2) is 11.5 Å². The summed E-state index contributed by atoms with van der Waals surface area (Å²) in [5.74, 6) is 0.119. The van der Waals surface area contributed by atoms with Crippen molar-refractivity contribution in [3.05, 3.63) is 84.3 Å². The summed E-state index contributed by atoms with van der Waals surface area (Å²) < 4.78 is 51.5. The van der Waals surface area contributed by atoms with E-state index in [0.29, 0.717) is 22.9 Å². The Labute approximate surface area is 191 Å². The highest BCUT2D eigenvalue weighted by atomic mass is 32.2. The fourth-order valence-electron chi connectivity index (χ4n) is 3.14. The molecule has 0 spiro atoms. The lowest BCUT2D eigenvalue weighted by Gasteiger charge is -2.14. The van der Waals surface area contributed by atoms with E-state index in [1.807, 2.05) is 35.0 Å². The maximum Gasteiger partial charge on any atom is 0.446 e. The number of alkyl halides is 3. The number of thioether (sulfide) groups is 1. The van der Waals surface area contributed by atoms with E-state index < -0.39 is 11.4 Å². The molecule has 0 aliphatic carbocycles. The third-order valence-corrected chi connectivity index (χ3v) is 5.38. The predicted molar refractivity (Wildman–Crippen MR) is 119 cm³/mol. The van der Waals surface area contributed by atoms with Crippen LogP contribution in [-0.4, -0.2) is 27.9 Å². The SMILES string of the molecule is COc1ccc(NC(=O)c2ccccc2SC(F)(F)F)cc1OCc1cn2ccccc2n1. The molecule has 0 radical (unpaired) electrons. The second kappa shape index (κ2) is 9.45. The number of hydrogen-bond donors (Lipinski definition) is 1. The van der Waals surface area contributed by atoms with Crippen molar-refractivity contribution in [3.63, 3.8) is 0 Å². The normalized spacial score (nSPS) is 11.4. The molecule has 2 heterocycles. The molecule has 1 N–H and O–H groups in total. The van der Waals surface area contributed by atoms with Gasteiger partial charge in [-0.2, -0.15) is 13.2 Å². The van der Waals surface area contributed by atoms with E-state index >= 15 is 0 Å². The summed E-state index contributed by atoms with van der Waals surface area (Å²) >= 11 is -0.332. The van der Waals surface area contributed by atoms with Gasteiger partial charge in [0.1, 0.15) is 12.3 Å². The Bertz CT molecular complexity index is 1260. The predicted octanol–water partition coefficient (Wildman–Crippen LogP) is 5.79. The lowest BCUT2D eigenvalue weighted by atomic mass is 10.2. The van der Waals surface area contributed by atoms with Gasteiger partial charge in [0, 0.05) is 29.0 Å². The lowest BCUT2D eigenvalue weighted by molar-refractivity contribution is -0.0328. The molecule has 6 nitrogen and oxygen atoms in total. The summed E-state index contributed by atoms with van der Waals surface area (Å²) in [4.78, 5) is 17.0. The molecule has 1 amide bonds. The van der Waals surface area contributed by atoms with Gasteiger partial charge in [-0.1, -0.05) is 18.2 Å². The molecule has 0 unspecified atom stereocenters. The number of anilines is 1. The summed E-state index contributed by atoms with van der Waals surface area (Å²) in [7, 11) is 1.48. The van der Waals surface area contributed by atoms with Crippen LogP contribution in [0.5, 0.6) is 11.5 Å². The van der Waals surface area contributed by atoms with Crippen molar-refractivity contribution in [2.24, 2.45) is 0 Å². The number of rotatable bonds is 7. The highest BCUT2D eigenvalue weighted by Gasteiger charge is 2.31. The number of amides is 1. The van der Waals surface area contributed by atoms with Crippen molar-refractivity contribution in [1.29, 1.82) is 0 Å². The van der Waals surface area contributed by atoms with Gasteiger partial charge in [-0.3, -0.25) is 4.79 Å². The van der Waals surface area contributed by atoms with Crippen LogP contribution in [0.15, 0.2) is 78.0 Å². The van der Waals surface area contributed by atoms with Gasteiger partial charge in [0.2, 0.25) is 0 Å². The van der Waals surface area contributed by atoms with Crippen molar-refractivity contribution in [2.75, 3.05) is 12.4 Å². The van der Waals surface area contributed by atoms with Gasteiger partial charge < -0.3 is 19.2 Å². The smallest absolute Gasteiger partial charge is 0.446 e. The van der Waals surface area contributed by atoms with E-state index in [9.17, 15) is 18.0 Å². The third kappa shape index (κ3) is 5.58. The van der Waals surface area contributed by atoms with Gasteiger partial charge in [0.25, 0.3) is 5.91 Å². The molecule has 33 heavy (non-hydrogen) atoms. The highest BCUT2D eigenvalue weighted by molar-refractivity contribution is 8.00. The second-order valence-corrected chi connectivity index (χ2v) is 7.96. The molecule has 4 rings (SSSR count). The quantitative estimate of drug-likeness (QED) is 0.345. The molecular formula is C23H18F3N3O3S. The number of benzene rings is 2. The Morgan fingerprint density at radius 1 is 1.09 bits per heavy atom. The molecule has 0 saturated heterocycles. The average molecular weight is 473 g/mol. The van der Waals surface area contributed by atoms with Gasteiger partial charge >= 0.3 is 5.51 Å². The van der Waals surface area contributed by atoms with E-state index in [4.69, 9.17) is 9.47 Å². The molecule has 0 saturated carbocycles. The fraction of sp³-hybridized carbons (Fsp3) is 0.130. The van der Waals surface area contributed by atoms with Crippen LogP contribution in [0.25, 0.3) is 5.65 Å². The van der Waals surface area contributed by atoms with Crippen LogP contribution in [0.2, 0.25) is 0 Å². The molecule has 0 atom stereocenters. The van der Waals surface area contributed by atoms with E-state index in [1.54, 1.807) is 18.2 Å². The Kier molecular flexibility index (Phi) is 6.45. The lowest BCUT2D eigenvalue weighted by Crippen LogP contribution is -2.14. The summed E-state index contributed by atoms with van der Waals surface area (Å²) in [6.45, 7) is 0.153. The van der Waals surface area contributed by atoms with Crippen molar-refractivity contribution >= 4 is 29.0 Å². The van der Waals surface area contributed by atoms with Crippen molar-refractivity contribution in [3.8, 4) is 11.5 Å². The first-order valence-corrected chi connectivity index (χ1v) is 10.5. The summed E-state index contributed by atoms with van der Waals surface area (Å²) in [6, 6.07) is 15.9. The standard InChI is InChI=1S/C23H18F3N3O3S/c1-31-18-10-9-15(28-22(30)17-6-2-3-7-20(17)33-23(24,25)26)12-19(18)32-14-16-13-29-11-5-4-8-21(29)27-16/h2-13H,14H2,1H3,(H,28,30). The molecule has 0 aliphatic heterocycles. The first-order valence-electron chi connectivity index (χ1n) is 9.72. The number of pyridine rings is 1. The van der Waals surface area contributed by atoms with Crippen LogP contribution in [0, 0.1) is 0 Å². The van der Waals surface area contributed by atoms with E-state index in [0.717, 1.165) is 5.65 Å². The second-order valence-electron chi connectivity index (χ2n) is 6.85. The molecule has 170 valence electrons. The minimum atomic E-state index is -4.50. The monoisotopic (exact) mass is 473 g/mol. The third-order valence-electron chi connectivity index (χ3n) is 4.57. The number of hydrogen-bond acceptors (Lipinski definition) is 5. The first-order chi connectivity index (χ1) is 15.8. The number of carbonyl (C=O) groups excluding carboxylic acids is 1. The Morgan fingerprint density at radius 3 is 2.64 bits per heavy atom. The zero-order chi connectivity index (χ0) is 23.4. The number of methoxy groups -OCH3 is 1. The maximum atomic E-state index is 12.8. The number of imidazole rings is 1. The Balaban J connectivity index is 1.51. The number of halogens is 3. The van der Waals surface area contributed by atoms with Crippen LogP contribution in [0.1, 0.15) is 16.1 Å². The number of fused-ring (bicyclic) bond motifs is 1. The molecule has 4 aromatic rings. The number of aromatic nitrogens is 2. The number of nitrogens with one attached hydrogen (secondary N) is 1. The molecular weight excluding hydrogens is 455 g/mol. The van der Waals surface area contributed by atoms with Gasteiger partial charge in [-0.15, -0.1) is 0 Å². The Hall–Kier alpha value is -3.66. The van der Waals surface area contributed by atoms with Crippen molar-refractivity contribution < 1.29 is 27.4 Å². The summed E-state index contributed by atoms with van der Waals surface area (Å²) in [6.07, 6.45) is 3.71. The topological polar surface area (TPSA) is 64.9 Å². The van der Waals surface area contributed by atoms with Crippen molar-refractivity contribution in [1.82, 2.24) is 9.38 Å². The minimum Gasteiger partial charge on any atom is -0.493 e. The average Bonchev–Trinajstić information content (AvgIpc) is 3.20.